The topological polar surface area (TPSA) is 78.4 Å². The molecule has 0 amide bonds. The van der Waals surface area contributed by atoms with Gasteiger partial charge in [0.25, 0.3) is 5.56 Å². The van der Waals surface area contributed by atoms with Crippen LogP contribution in [0.25, 0.3) is 22.2 Å². The molecule has 0 saturated heterocycles. The van der Waals surface area contributed by atoms with E-state index in [2.05, 4.69) is 4.98 Å². The van der Waals surface area contributed by atoms with E-state index in [0.29, 0.717) is 28.5 Å². The van der Waals surface area contributed by atoms with Crippen LogP contribution in [0.1, 0.15) is 11.1 Å². The molecule has 7 nitrogen and oxygen atoms in total. The molecule has 2 aromatic heterocycles. The fourth-order valence-electron chi connectivity index (χ4n) is 4.25. The van der Waals surface area contributed by atoms with E-state index in [1.54, 1.807) is 11.7 Å². The van der Waals surface area contributed by atoms with Crippen LogP contribution < -0.4 is 19.8 Å². The van der Waals surface area contributed by atoms with Crippen molar-refractivity contribution in [2.45, 2.75) is 17.5 Å². The van der Waals surface area contributed by atoms with Crippen molar-refractivity contribution in [3.05, 3.63) is 100 Å². The van der Waals surface area contributed by atoms with Gasteiger partial charge in [0.1, 0.15) is 16.8 Å². The average Bonchev–Trinajstić information content (AvgIpc) is 3.57. The molecular formula is C28H23N3O4S. The fourth-order valence-corrected chi connectivity index (χ4v) is 5.19. The summed E-state index contributed by atoms with van der Waals surface area (Å²) in [6, 6.07) is 23.6. The minimum absolute atomic E-state index is 0.105. The number of ether oxygens (including phenoxy) is 3. The molecule has 0 bridgehead atoms. The third kappa shape index (κ3) is 4.20. The number of thioether (sulfide) groups is 1. The number of nitrogens with one attached hydrogen (secondary N) is 1. The number of methoxy groups -OCH3 is 1. The summed E-state index contributed by atoms with van der Waals surface area (Å²) in [6.45, 7) is 0.635. The van der Waals surface area contributed by atoms with Gasteiger partial charge in [-0.3, -0.25) is 9.36 Å². The number of fused-ring (bicyclic) bond motifs is 2. The van der Waals surface area contributed by atoms with E-state index in [1.165, 1.54) is 11.8 Å². The summed E-state index contributed by atoms with van der Waals surface area (Å²) < 4.78 is 18.0. The molecule has 180 valence electrons. The molecule has 1 N–H and O–H groups in total. The molecule has 0 spiro atoms. The van der Waals surface area contributed by atoms with Crippen LogP contribution in [0.5, 0.6) is 17.2 Å². The summed E-state index contributed by atoms with van der Waals surface area (Å²) in [5.41, 5.74) is 5.02. The van der Waals surface area contributed by atoms with Crippen molar-refractivity contribution < 1.29 is 14.2 Å². The van der Waals surface area contributed by atoms with Gasteiger partial charge in [-0.2, -0.15) is 0 Å². The van der Waals surface area contributed by atoms with Crippen LogP contribution in [0.3, 0.4) is 0 Å². The SMILES string of the molecule is COc1ccc(Cn2c(SCc3ccc4c(c3)OCO4)nc3c(-c4ccccc4)c[nH]c3c2=O)cc1. The molecule has 0 saturated carbocycles. The number of nitrogens with zero attached hydrogens (tertiary/aromatic N) is 2. The van der Waals surface area contributed by atoms with Gasteiger partial charge >= 0.3 is 0 Å². The van der Waals surface area contributed by atoms with Crippen molar-refractivity contribution >= 4 is 22.8 Å². The standard InChI is InChI=1S/C28H23N3O4S/c1-33-21-10-7-18(8-11-21)15-31-27(32)26-25(22(14-29-26)20-5-3-2-4-6-20)30-28(31)36-16-19-9-12-23-24(13-19)35-17-34-23/h2-14,29H,15-17H2,1H3. The first kappa shape index (κ1) is 22.3. The zero-order valence-electron chi connectivity index (χ0n) is 19.6. The Bertz CT molecular complexity index is 1590. The number of aromatic nitrogens is 3. The first-order valence-electron chi connectivity index (χ1n) is 11.5. The van der Waals surface area contributed by atoms with Gasteiger partial charge in [-0.15, -0.1) is 0 Å². The number of H-pyrrole nitrogens is 1. The second-order valence-corrected chi connectivity index (χ2v) is 9.34. The molecule has 0 fully saturated rings. The highest BCUT2D eigenvalue weighted by Crippen LogP contribution is 2.35. The Labute approximate surface area is 211 Å². The maximum absolute atomic E-state index is 13.7. The maximum atomic E-state index is 13.7. The normalized spacial score (nSPS) is 12.2. The molecule has 6 rings (SSSR count). The molecule has 5 aromatic rings. The highest BCUT2D eigenvalue weighted by atomic mass is 32.2. The van der Waals surface area contributed by atoms with E-state index < -0.39 is 0 Å². The summed E-state index contributed by atoms with van der Waals surface area (Å²) in [7, 11) is 1.64. The Balaban J connectivity index is 1.41. The van der Waals surface area contributed by atoms with E-state index in [1.807, 2.05) is 79.0 Å². The van der Waals surface area contributed by atoms with Crippen LogP contribution in [0.4, 0.5) is 0 Å². The van der Waals surface area contributed by atoms with Gasteiger partial charge in [-0.1, -0.05) is 60.3 Å². The smallest absolute Gasteiger partial charge is 0.278 e. The second kappa shape index (κ2) is 9.47. The Hall–Kier alpha value is -4.17. The molecule has 36 heavy (non-hydrogen) atoms. The maximum Gasteiger partial charge on any atom is 0.278 e. The molecular weight excluding hydrogens is 474 g/mol. The summed E-state index contributed by atoms with van der Waals surface area (Å²) in [6.07, 6.45) is 1.86. The lowest BCUT2D eigenvalue weighted by molar-refractivity contribution is 0.174. The Morgan fingerprint density at radius 3 is 2.58 bits per heavy atom. The average molecular weight is 498 g/mol. The van der Waals surface area contributed by atoms with Gasteiger partial charge in [0.2, 0.25) is 6.79 Å². The molecule has 1 aliphatic heterocycles. The lowest BCUT2D eigenvalue weighted by Gasteiger charge is -2.13. The van der Waals surface area contributed by atoms with E-state index in [-0.39, 0.29) is 12.4 Å². The minimum atomic E-state index is -0.105. The van der Waals surface area contributed by atoms with Crippen LogP contribution >= 0.6 is 11.8 Å². The molecule has 3 aromatic carbocycles. The monoisotopic (exact) mass is 497 g/mol. The van der Waals surface area contributed by atoms with Crippen LogP contribution in [0.15, 0.2) is 88.9 Å². The van der Waals surface area contributed by atoms with Gasteiger partial charge in [0.05, 0.1) is 13.7 Å². The third-order valence-electron chi connectivity index (χ3n) is 6.14. The number of rotatable bonds is 7. The highest BCUT2D eigenvalue weighted by Gasteiger charge is 2.18. The van der Waals surface area contributed by atoms with E-state index in [0.717, 1.165) is 39.5 Å². The van der Waals surface area contributed by atoms with E-state index in [9.17, 15) is 4.79 Å². The lowest BCUT2D eigenvalue weighted by Crippen LogP contribution is -2.24. The molecule has 3 heterocycles. The van der Waals surface area contributed by atoms with Crippen molar-refractivity contribution in [2.75, 3.05) is 13.9 Å². The van der Waals surface area contributed by atoms with Crippen LogP contribution in [-0.2, 0) is 12.3 Å². The van der Waals surface area contributed by atoms with Crippen molar-refractivity contribution in [1.29, 1.82) is 0 Å². The summed E-state index contributed by atoms with van der Waals surface area (Å²) in [5.74, 6) is 2.89. The number of aromatic amines is 1. The number of benzene rings is 3. The fraction of sp³-hybridized carbons (Fsp3) is 0.143. The first-order chi connectivity index (χ1) is 17.7. The molecule has 0 aliphatic carbocycles. The molecule has 0 unspecified atom stereocenters. The van der Waals surface area contributed by atoms with Crippen LogP contribution in [-0.4, -0.2) is 28.4 Å². The zero-order chi connectivity index (χ0) is 24.5. The van der Waals surface area contributed by atoms with Gasteiger partial charge in [0, 0.05) is 17.5 Å². The quantitative estimate of drug-likeness (QED) is 0.237. The summed E-state index contributed by atoms with van der Waals surface area (Å²) in [5, 5.41) is 0.651. The van der Waals surface area contributed by atoms with Crippen molar-refractivity contribution in [3.8, 4) is 28.4 Å². The lowest BCUT2D eigenvalue weighted by atomic mass is 10.1. The predicted molar refractivity (Wildman–Crippen MR) is 140 cm³/mol. The molecule has 0 radical (unpaired) electrons. The van der Waals surface area contributed by atoms with Gasteiger partial charge in [-0.05, 0) is 41.0 Å². The van der Waals surface area contributed by atoms with Crippen LogP contribution in [0, 0.1) is 0 Å². The third-order valence-corrected chi connectivity index (χ3v) is 7.19. The van der Waals surface area contributed by atoms with Crippen LogP contribution in [0.2, 0.25) is 0 Å². The minimum Gasteiger partial charge on any atom is -0.497 e. The number of hydrogen-bond donors (Lipinski definition) is 1. The Morgan fingerprint density at radius 1 is 1.00 bits per heavy atom. The van der Waals surface area contributed by atoms with Crippen molar-refractivity contribution in [3.63, 3.8) is 0 Å². The second-order valence-electron chi connectivity index (χ2n) is 8.40. The highest BCUT2D eigenvalue weighted by molar-refractivity contribution is 7.98. The van der Waals surface area contributed by atoms with Gasteiger partial charge in [-0.25, -0.2) is 4.98 Å². The largest absolute Gasteiger partial charge is 0.497 e. The molecule has 1 aliphatic rings. The Morgan fingerprint density at radius 2 is 1.78 bits per heavy atom. The van der Waals surface area contributed by atoms with Crippen molar-refractivity contribution in [1.82, 2.24) is 14.5 Å². The van der Waals surface area contributed by atoms with E-state index >= 15 is 0 Å². The predicted octanol–water partition coefficient (Wildman–Crippen LogP) is 5.47. The summed E-state index contributed by atoms with van der Waals surface area (Å²) in [4.78, 5) is 21.9. The first-order valence-corrected chi connectivity index (χ1v) is 12.5. The van der Waals surface area contributed by atoms with Gasteiger partial charge in [0.15, 0.2) is 16.7 Å². The van der Waals surface area contributed by atoms with Gasteiger partial charge < -0.3 is 19.2 Å². The Kier molecular flexibility index (Phi) is 5.87. The number of hydrogen-bond acceptors (Lipinski definition) is 6. The zero-order valence-corrected chi connectivity index (χ0v) is 20.4. The molecule has 0 atom stereocenters. The van der Waals surface area contributed by atoms with E-state index in [4.69, 9.17) is 19.2 Å². The summed E-state index contributed by atoms with van der Waals surface area (Å²) >= 11 is 1.53. The van der Waals surface area contributed by atoms with Crippen molar-refractivity contribution in [2.24, 2.45) is 0 Å². The molecule has 8 heteroatoms.